The third-order valence-corrected chi connectivity index (χ3v) is 5.66. The highest BCUT2D eigenvalue weighted by atomic mass is 79.9. The van der Waals surface area contributed by atoms with E-state index in [1.807, 2.05) is 32.0 Å². The van der Waals surface area contributed by atoms with Crippen LogP contribution in [0.15, 0.2) is 30.3 Å². The van der Waals surface area contributed by atoms with Gasteiger partial charge in [0.2, 0.25) is 5.04 Å². The lowest BCUT2D eigenvalue weighted by molar-refractivity contribution is -0.586. The summed E-state index contributed by atoms with van der Waals surface area (Å²) >= 11 is 1.52. The normalized spacial score (nSPS) is 19.2. The molecule has 2 rings (SSSR count). The van der Waals surface area contributed by atoms with E-state index in [0.29, 0.717) is 25.5 Å². The van der Waals surface area contributed by atoms with Gasteiger partial charge in [0, 0.05) is 12.0 Å². The van der Waals surface area contributed by atoms with Crippen LogP contribution in [0.3, 0.4) is 0 Å². The Kier molecular flexibility index (Phi) is 10.7. The average molecular weight is 458 g/mol. The van der Waals surface area contributed by atoms with E-state index in [-0.39, 0.29) is 40.9 Å². The number of rotatable bonds is 7. The van der Waals surface area contributed by atoms with Gasteiger partial charge in [0.25, 0.3) is 0 Å². The monoisotopic (exact) mass is 457 g/mol. The number of thioether (sulfide) groups is 1. The highest BCUT2D eigenvalue weighted by molar-refractivity contribution is 8.14. The van der Waals surface area contributed by atoms with Crippen molar-refractivity contribution in [3.05, 3.63) is 35.9 Å². The molecule has 5 nitrogen and oxygen atoms in total. The molecule has 1 aliphatic heterocycles. The number of benzene rings is 1. The predicted octanol–water partition coefficient (Wildman–Crippen LogP) is 0.260. The third-order valence-electron chi connectivity index (χ3n) is 4.51. The summed E-state index contributed by atoms with van der Waals surface area (Å²) in [6, 6.07) is 10.2. The highest BCUT2D eigenvalue weighted by Gasteiger charge is 2.40. The van der Waals surface area contributed by atoms with Crippen LogP contribution in [0, 0.1) is 5.92 Å². The fourth-order valence-electron chi connectivity index (χ4n) is 3.18. The number of carbonyl (C=O) groups excluding carboxylic acids is 2. The van der Waals surface area contributed by atoms with Crippen LogP contribution in [-0.2, 0) is 25.6 Å². The molecule has 1 heterocycles. The standard InChI is InChI=1S/C20H28NO4S.BrH/c1-4-24-19(22)14-26-18-12-11-17(20(23)25-5-2)15(3)21(18)13-16-9-7-6-8-10-16;/h6-10,15,17H,4-5,11-14H2,1-3H3;1H/q+1;/p-1/t15-,17-;/m1./s1. The molecule has 1 aromatic carbocycles. The van der Waals surface area contributed by atoms with Crippen LogP contribution in [0.4, 0.5) is 0 Å². The Balaban J connectivity index is 0.00000364. The van der Waals surface area contributed by atoms with Gasteiger partial charge in [0.05, 0.1) is 13.2 Å². The van der Waals surface area contributed by atoms with E-state index >= 15 is 0 Å². The van der Waals surface area contributed by atoms with Gasteiger partial charge < -0.3 is 26.5 Å². The lowest BCUT2D eigenvalue weighted by Gasteiger charge is -2.27. The minimum Gasteiger partial charge on any atom is -1.00 e. The predicted molar refractivity (Wildman–Crippen MR) is 103 cm³/mol. The number of halogens is 1. The maximum atomic E-state index is 12.3. The summed E-state index contributed by atoms with van der Waals surface area (Å²) in [6.07, 6.45) is 1.52. The Bertz CT molecular complexity index is 651. The van der Waals surface area contributed by atoms with Gasteiger partial charge in [-0.2, -0.15) is 0 Å². The van der Waals surface area contributed by atoms with E-state index in [0.717, 1.165) is 17.9 Å². The van der Waals surface area contributed by atoms with E-state index in [2.05, 4.69) is 23.6 Å². The summed E-state index contributed by atoms with van der Waals surface area (Å²) in [6.45, 7) is 7.21. The molecule has 0 saturated heterocycles. The summed E-state index contributed by atoms with van der Waals surface area (Å²) in [4.78, 5) is 24.1. The molecule has 0 aliphatic carbocycles. The van der Waals surface area contributed by atoms with Crippen LogP contribution >= 0.6 is 11.8 Å². The van der Waals surface area contributed by atoms with Crippen LogP contribution in [0.1, 0.15) is 39.2 Å². The van der Waals surface area contributed by atoms with Gasteiger partial charge in [-0.15, -0.1) is 0 Å². The van der Waals surface area contributed by atoms with Crippen molar-refractivity contribution in [2.75, 3.05) is 19.0 Å². The fourth-order valence-corrected chi connectivity index (χ4v) is 4.21. The van der Waals surface area contributed by atoms with Gasteiger partial charge in [0.15, 0.2) is 12.6 Å². The maximum Gasteiger partial charge on any atom is 0.316 e. The van der Waals surface area contributed by atoms with Crippen LogP contribution in [0.5, 0.6) is 0 Å². The Labute approximate surface area is 176 Å². The van der Waals surface area contributed by atoms with Gasteiger partial charge in [-0.1, -0.05) is 42.1 Å². The maximum absolute atomic E-state index is 12.3. The fraction of sp³-hybridized carbons (Fsp3) is 0.550. The molecule has 0 aromatic heterocycles. The molecular formula is C20H28BrNO4S. The number of nitrogens with zero attached hydrogens (tertiary/aromatic N) is 1. The van der Waals surface area contributed by atoms with Crippen molar-refractivity contribution in [1.29, 1.82) is 0 Å². The van der Waals surface area contributed by atoms with Crippen molar-refractivity contribution in [2.45, 2.75) is 46.2 Å². The number of carbonyl (C=O) groups is 2. The van der Waals surface area contributed by atoms with Gasteiger partial charge in [-0.3, -0.25) is 9.59 Å². The molecule has 0 unspecified atom stereocenters. The Morgan fingerprint density at radius 1 is 1.15 bits per heavy atom. The smallest absolute Gasteiger partial charge is 0.316 e. The highest BCUT2D eigenvalue weighted by Crippen LogP contribution is 2.27. The van der Waals surface area contributed by atoms with E-state index < -0.39 is 0 Å². The van der Waals surface area contributed by atoms with E-state index in [4.69, 9.17) is 9.47 Å². The zero-order chi connectivity index (χ0) is 18.9. The molecule has 0 amide bonds. The van der Waals surface area contributed by atoms with Crippen molar-refractivity contribution >= 4 is 28.7 Å². The molecule has 150 valence electrons. The third kappa shape index (κ3) is 6.96. The molecule has 0 radical (unpaired) electrons. The SMILES string of the molecule is CCOC(=O)CSC1=[N+](Cc2ccccc2)[C@H](C)[C@H](C(=O)OCC)CC1.[Br-]. The molecule has 7 heteroatoms. The number of ether oxygens (including phenoxy) is 2. The number of hydrogen-bond acceptors (Lipinski definition) is 5. The van der Waals surface area contributed by atoms with E-state index in [1.165, 1.54) is 17.3 Å². The van der Waals surface area contributed by atoms with Crippen molar-refractivity contribution in [1.82, 2.24) is 0 Å². The van der Waals surface area contributed by atoms with Gasteiger partial charge in [-0.05, 0) is 27.2 Å². The second-order valence-electron chi connectivity index (χ2n) is 6.24. The zero-order valence-electron chi connectivity index (χ0n) is 16.2. The topological polar surface area (TPSA) is 55.6 Å². The van der Waals surface area contributed by atoms with E-state index in [1.54, 1.807) is 0 Å². The largest absolute Gasteiger partial charge is 1.00 e. The Morgan fingerprint density at radius 2 is 1.81 bits per heavy atom. The molecule has 2 atom stereocenters. The Morgan fingerprint density at radius 3 is 2.44 bits per heavy atom. The second-order valence-corrected chi connectivity index (χ2v) is 7.29. The van der Waals surface area contributed by atoms with Crippen LogP contribution < -0.4 is 17.0 Å². The minimum absolute atomic E-state index is 0. The molecule has 0 fully saturated rings. The van der Waals surface area contributed by atoms with Gasteiger partial charge in [0.1, 0.15) is 11.7 Å². The molecule has 0 saturated carbocycles. The Hall–Kier alpha value is -1.34. The first kappa shape index (κ1) is 23.7. The molecule has 0 N–H and O–H groups in total. The zero-order valence-corrected chi connectivity index (χ0v) is 18.6. The quantitative estimate of drug-likeness (QED) is 0.434. The number of esters is 2. The molecular weight excluding hydrogens is 430 g/mol. The van der Waals surface area contributed by atoms with Crippen molar-refractivity contribution in [3.8, 4) is 0 Å². The lowest BCUT2D eigenvalue weighted by atomic mass is 9.92. The first-order valence-electron chi connectivity index (χ1n) is 9.18. The summed E-state index contributed by atoms with van der Waals surface area (Å²) in [7, 11) is 0. The lowest BCUT2D eigenvalue weighted by Crippen LogP contribution is -3.00. The summed E-state index contributed by atoms with van der Waals surface area (Å²) < 4.78 is 12.5. The molecule has 1 aromatic rings. The van der Waals surface area contributed by atoms with Gasteiger partial charge in [-0.25, -0.2) is 4.58 Å². The van der Waals surface area contributed by atoms with Gasteiger partial charge >= 0.3 is 11.9 Å². The van der Waals surface area contributed by atoms with E-state index in [9.17, 15) is 9.59 Å². The molecule has 1 aliphatic rings. The average Bonchev–Trinajstić information content (AvgIpc) is 2.63. The summed E-state index contributed by atoms with van der Waals surface area (Å²) in [5.74, 6) is -0.187. The molecule has 0 bridgehead atoms. The van der Waals surface area contributed by atoms with Crippen molar-refractivity contribution < 1.29 is 40.6 Å². The summed E-state index contributed by atoms with van der Waals surface area (Å²) in [5.41, 5.74) is 1.18. The molecule has 0 spiro atoms. The van der Waals surface area contributed by atoms with Crippen LogP contribution in [0.2, 0.25) is 0 Å². The van der Waals surface area contributed by atoms with Crippen LogP contribution in [0.25, 0.3) is 0 Å². The summed E-state index contributed by atoms with van der Waals surface area (Å²) in [5, 5.41) is 1.13. The first-order valence-corrected chi connectivity index (χ1v) is 10.2. The van der Waals surface area contributed by atoms with Crippen LogP contribution in [-0.4, -0.2) is 46.6 Å². The number of hydrogen-bond donors (Lipinski definition) is 0. The second kappa shape index (κ2) is 12.2. The first-order chi connectivity index (χ1) is 12.6. The van der Waals surface area contributed by atoms with Crippen molar-refractivity contribution in [3.63, 3.8) is 0 Å². The van der Waals surface area contributed by atoms with Crippen molar-refractivity contribution in [2.24, 2.45) is 5.92 Å². The molecule has 27 heavy (non-hydrogen) atoms. The minimum atomic E-state index is -0.204.